The van der Waals surface area contributed by atoms with E-state index in [0.717, 1.165) is 22.7 Å². The Morgan fingerprint density at radius 1 is 0.425 bits per heavy atom. The van der Waals surface area contributed by atoms with Crippen LogP contribution in [-0.2, 0) is 0 Å². The van der Waals surface area contributed by atoms with E-state index in [0.29, 0.717) is 0 Å². The van der Waals surface area contributed by atoms with Gasteiger partial charge in [0, 0.05) is 27.4 Å². The Morgan fingerprint density at radius 3 is 2.10 bits per heavy atom. The molecule has 2 heteroatoms. The highest BCUT2D eigenvalue weighted by atomic mass is 16.5. The lowest BCUT2D eigenvalue weighted by molar-refractivity contribution is 0.487. The number of rotatable bonds is 2. The first-order valence-electron chi connectivity index (χ1n) is 13.7. The quantitative estimate of drug-likeness (QED) is 0.226. The average Bonchev–Trinajstić information content (AvgIpc) is 3.37. The minimum atomic E-state index is 0.902. The molecule has 0 spiro atoms. The maximum absolute atomic E-state index is 6.41. The highest BCUT2D eigenvalue weighted by molar-refractivity contribution is 6.25. The summed E-state index contributed by atoms with van der Waals surface area (Å²) in [6.07, 6.45) is 0. The van der Waals surface area contributed by atoms with E-state index in [9.17, 15) is 0 Å². The predicted molar refractivity (Wildman–Crippen MR) is 167 cm³/mol. The van der Waals surface area contributed by atoms with Gasteiger partial charge in [0.15, 0.2) is 0 Å². The molecule has 9 rings (SSSR count). The molecule has 0 unspecified atom stereocenters. The molecular formula is C38H23NO. The van der Waals surface area contributed by atoms with Crippen LogP contribution >= 0.6 is 0 Å². The SMILES string of the molecule is c1ccc(-n2c3cccc(-c4ccc5c(c4)-c4cccc6cccc(c46)O5)c3c3c4ccccc4ccc32)cc1. The van der Waals surface area contributed by atoms with Crippen molar-refractivity contribution in [2.45, 2.75) is 0 Å². The van der Waals surface area contributed by atoms with Gasteiger partial charge < -0.3 is 9.30 Å². The van der Waals surface area contributed by atoms with E-state index in [2.05, 4.69) is 144 Å². The first kappa shape index (κ1) is 21.6. The molecule has 186 valence electrons. The summed E-state index contributed by atoms with van der Waals surface area (Å²) in [6.45, 7) is 0. The fraction of sp³-hybridized carbons (Fsp3) is 0. The van der Waals surface area contributed by atoms with E-state index in [1.165, 1.54) is 60.0 Å². The number of benzene rings is 7. The van der Waals surface area contributed by atoms with Crippen LogP contribution in [0.3, 0.4) is 0 Å². The van der Waals surface area contributed by atoms with Gasteiger partial charge in [0.05, 0.1) is 11.0 Å². The second-order valence-electron chi connectivity index (χ2n) is 10.5. The van der Waals surface area contributed by atoms with Crippen molar-refractivity contribution < 1.29 is 4.74 Å². The molecule has 40 heavy (non-hydrogen) atoms. The van der Waals surface area contributed by atoms with Crippen LogP contribution in [0.1, 0.15) is 0 Å². The van der Waals surface area contributed by atoms with Gasteiger partial charge in [-0.25, -0.2) is 0 Å². The van der Waals surface area contributed by atoms with Crippen molar-refractivity contribution in [3.63, 3.8) is 0 Å². The van der Waals surface area contributed by atoms with Crippen LogP contribution in [0.5, 0.6) is 11.5 Å². The Hall–Kier alpha value is -5.34. The van der Waals surface area contributed by atoms with Gasteiger partial charge in [0.2, 0.25) is 0 Å². The lowest BCUT2D eigenvalue weighted by Gasteiger charge is -2.22. The van der Waals surface area contributed by atoms with Crippen molar-refractivity contribution in [2.75, 3.05) is 0 Å². The third kappa shape index (κ3) is 2.93. The van der Waals surface area contributed by atoms with Gasteiger partial charge in [-0.05, 0) is 75.3 Å². The number of hydrogen-bond acceptors (Lipinski definition) is 1. The van der Waals surface area contributed by atoms with Crippen molar-refractivity contribution in [1.82, 2.24) is 4.57 Å². The van der Waals surface area contributed by atoms with E-state index in [4.69, 9.17) is 4.74 Å². The summed E-state index contributed by atoms with van der Waals surface area (Å²) in [5.74, 6) is 1.83. The summed E-state index contributed by atoms with van der Waals surface area (Å²) in [6, 6.07) is 50.1. The Bertz CT molecular complexity index is 2290. The molecule has 0 amide bonds. The fourth-order valence-electron chi connectivity index (χ4n) is 6.66. The lowest BCUT2D eigenvalue weighted by atomic mass is 9.91. The number of ether oxygens (including phenoxy) is 1. The predicted octanol–water partition coefficient (Wildman–Crippen LogP) is 10.5. The zero-order valence-corrected chi connectivity index (χ0v) is 21.6. The van der Waals surface area contributed by atoms with Gasteiger partial charge in [-0.15, -0.1) is 0 Å². The topological polar surface area (TPSA) is 14.2 Å². The molecule has 7 aromatic carbocycles. The summed E-state index contributed by atoms with van der Waals surface area (Å²) in [4.78, 5) is 0. The van der Waals surface area contributed by atoms with Gasteiger partial charge in [0.25, 0.3) is 0 Å². The highest BCUT2D eigenvalue weighted by Gasteiger charge is 2.22. The molecule has 0 saturated heterocycles. The number of nitrogens with zero attached hydrogens (tertiary/aromatic N) is 1. The maximum Gasteiger partial charge on any atom is 0.135 e. The Morgan fingerprint density at radius 2 is 1.18 bits per heavy atom. The standard InChI is InChI=1S/C38H23NO/c1-2-12-27(13-3-1)39-32-17-8-15-29(38(32)37-28-14-5-4-9-24(28)19-21-33(37)39)26-20-22-34-31(23-26)30-16-6-10-25-11-7-18-35(40-34)36(25)30/h1-23H. The molecule has 2 heterocycles. The summed E-state index contributed by atoms with van der Waals surface area (Å²) in [7, 11) is 0. The third-order valence-electron chi connectivity index (χ3n) is 8.36. The summed E-state index contributed by atoms with van der Waals surface area (Å²) < 4.78 is 8.82. The maximum atomic E-state index is 6.41. The molecule has 1 aliphatic heterocycles. The largest absolute Gasteiger partial charge is 0.456 e. The molecule has 0 bridgehead atoms. The molecule has 1 aliphatic rings. The van der Waals surface area contributed by atoms with Crippen molar-refractivity contribution in [1.29, 1.82) is 0 Å². The first-order valence-corrected chi connectivity index (χ1v) is 13.7. The van der Waals surface area contributed by atoms with E-state index in [1.807, 2.05) is 0 Å². The summed E-state index contributed by atoms with van der Waals surface area (Å²) in [5.41, 5.74) is 8.35. The van der Waals surface area contributed by atoms with Crippen LogP contribution in [0.15, 0.2) is 140 Å². The minimum Gasteiger partial charge on any atom is -0.456 e. The monoisotopic (exact) mass is 509 g/mol. The van der Waals surface area contributed by atoms with Crippen molar-refractivity contribution in [3.05, 3.63) is 140 Å². The fourth-order valence-corrected chi connectivity index (χ4v) is 6.66. The molecule has 0 radical (unpaired) electrons. The van der Waals surface area contributed by atoms with Gasteiger partial charge >= 0.3 is 0 Å². The lowest BCUT2D eigenvalue weighted by Crippen LogP contribution is -1.97. The smallest absolute Gasteiger partial charge is 0.135 e. The molecule has 1 aromatic heterocycles. The van der Waals surface area contributed by atoms with Crippen molar-refractivity contribution in [3.8, 4) is 39.4 Å². The van der Waals surface area contributed by atoms with Gasteiger partial charge in [0.1, 0.15) is 11.5 Å². The Labute approximate surface area is 231 Å². The van der Waals surface area contributed by atoms with Gasteiger partial charge in [-0.1, -0.05) is 97.1 Å². The summed E-state index contributed by atoms with van der Waals surface area (Å²) in [5, 5.41) is 7.46. The molecule has 0 aliphatic carbocycles. The van der Waals surface area contributed by atoms with E-state index in [1.54, 1.807) is 0 Å². The average molecular weight is 510 g/mol. The Balaban J connectivity index is 1.39. The van der Waals surface area contributed by atoms with Crippen LogP contribution < -0.4 is 4.74 Å². The summed E-state index contributed by atoms with van der Waals surface area (Å²) >= 11 is 0. The molecular weight excluding hydrogens is 486 g/mol. The molecule has 2 nitrogen and oxygen atoms in total. The van der Waals surface area contributed by atoms with E-state index in [-0.39, 0.29) is 0 Å². The van der Waals surface area contributed by atoms with Crippen LogP contribution in [-0.4, -0.2) is 4.57 Å². The second kappa shape index (κ2) is 8.08. The number of para-hydroxylation sites is 1. The highest BCUT2D eigenvalue weighted by Crippen LogP contribution is 2.49. The van der Waals surface area contributed by atoms with Crippen molar-refractivity contribution in [2.24, 2.45) is 0 Å². The third-order valence-corrected chi connectivity index (χ3v) is 8.36. The van der Waals surface area contributed by atoms with Gasteiger partial charge in [-0.3, -0.25) is 0 Å². The second-order valence-corrected chi connectivity index (χ2v) is 10.5. The molecule has 0 atom stereocenters. The van der Waals surface area contributed by atoms with Gasteiger partial charge in [-0.2, -0.15) is 0 Å². The Kier molecular flexibility index (Phi) is 4.36. The van der Waals surface area contributed by atoms with Crippen LogP contribution in [0, 0.1) is 0 Å². The number of aromatic nitrogens is 1. The van der Waals surface area contributed by atoms with Crippen LogP contribution in [0.25, 0.3) is 71.3 Å². The van der Waals surface area contributed by atoms with Crippen LogP contribution in [0.4, 0.5) is 0 Å². The normalized spacial score (nSPS) is 12.2. The molecule has 0 saturated carbocycles. The zero-order valence-electron chi connectivity index (χ0n) is 21.6. The zero-order chi connectivity index (χ0) is 26.2. The number of hydrogen-bond donors (Lipinski definition) is 0. The van der Waals surface area contributed by atoms with E-state index < -0.39 is 0 Å². The van der Waals surface area contributed by atoms with E-state index >= 15 is 0 Å². The first-order chi connectivity index (χ1) is 19.8. The molecule has 0 fully saturated rings. The number of fused-ring (bicyclic) bond motifs is 7. The molecule has 0 N–H and O–H groups in total. The van der Waals surface area contributed by atoms with Crippen molar-refractivity contribution >= 4 is 43.4 Å². The van der Waals surface area contributed by atoms with Crippen LogP contribution in [0.2, 0.25) is 0 Å². The molecule has 8 aromatic rings. The minimum absolute atomic E-state index is 0.902.